The van der Waals surface area contributed by atoms with E-state index in [1.165, 1.54) is 16.3 Å². The molecule has 0 saturated carbocycles. The second-order valence-electron chi connectivity index (χ2n) is 7.34. The van der Waals surface area contributed by atoms with Crippen LogP contribution in [0.5, 0.6) is 5.88 Å². The Morgan fingerprint density at radius 3 is 2.75 bits per heavy atom. The van der Waals surface area contributed by atoms with E-state index >= 15 is 0 Å². The zero-order valence-corrected chi connectivity index (χ0v) is 15.9. The average Bonchev–Trinajstić information content (AvgIpc) is 2.78. The van der Waals surface area contributed by atoms with Gasteiger partial charge in [0.2, 0.25) is 5.88 Å². The summed E-state index contributed by atoms with van der Waals surface area (Å²) in [5.41, 5.74) is 2.36. The van der Waals surface area contributed by atoms with Crippen molar-refractivity contribution in [2.24, 2.45) is 0 Å². The summed E-state index contributed by atoms with van der Waals surface area (Å²) in [6.45, 7) is 7.72. The van der Waals surface area contributed by atoms with E-state index in [-0.39, 0.29) is 6.10 Å². The van der Waals surface area contributed by atoms with Crippen LogP contribution < -0.4 is 15.0 Å². The normalized spacial score (nSPS) is 19.1. The topological polar surface area (TPSA) is 50.3 Å². The first kappa shape index (κ1) is 17.2. The average molecular weight is 372 g/mol. The number of rotatable bonds is 3. The summed E-state index contributed by atoms with van der Waals surface area (Å²) in [7, 11) is 0. The van der Waals surface area contributed by atoms with E-state index in [4.69, 9.17) is 9.72 Å². The molecule has 1 atom stereocenters. The molecule has 5 heteroatoms. The van der Waals surface area contributed by atoms with Crippen LogP contribution in [0.1, 0.15) is 29.5 Å². The van der Waals surface area contributed by atoms with Crippen molar-refractivity contribution in [1.29, 1.82) is 0 Å². The van der Waals surface area contributed by atoms with Crippen molar-refractivity contribution in [2.45, 2.75) is 18.9 Å². The van der Waals surface area contributed by atoms with Crippen molar-refractivity contribution in [3.63, 3.8) is 0 Å². The highest BCUT2D eigenvalue weighted by atomic mass is 16.5. The molecule has 0 bridgehead atoms. The molecule has 2 aliphatic rings. The fourth-order valence-corrected chi connectivity index (χ4v) is 4.23. The summed E-state index contributed by atoms with van der Waals surface area (Å²) < 4.78 is 6.46. The summed E-state index contributed by atoms with van der Waals surface area (Å²) in [4.78, 5) is 11.8. The molecule has 28 heavy (non-hydrogen) atoms. The predicted octanol–water partition coefficient (Wildman–Crippen LogP) is 3.75. The van der Waals surface area contributed by atoms with Crippen molar-refractivity contribution in [3.8, 4) is 5.88 Å². The lowest BCUT2D eigenvalue weighted by Crippen LogP contribution is -2.44. The highest BCUT2D eigenvalue weighted by Crippen LogP contribution is 2.39. The smallest absolute Gasteiger partial charge is 0.222 e. The largest absolute Gasteiger partial charge is 0.469 e. The van der Waals surface area contributed by atoms with Crippen LogP contribution in [0.4, 0.5) is 5.82 Å². The minimum Gasteiger partial charge on any atom is -0.469 e. The molecule has 2 aromatic carbocycles. The number of nitrogens with zero attached hydrogens (tertiary/aromatic N) is 3. The van der Waals surface area contributed by atoms with Crippen LogP contribution in [0, 0.1) is 0 Å². The molecule has 1 fully saturated rings. The maximum absolute atomic E-state index is 6.46. The molecule has 142 valence electrons. The third-order valence-corrected chi connectivity index (χ3v) is 5.64. The van der Waals surface area contributed by atoms with E-state index in [1.807, 2.05) is 0 Å². The summed E-state index contributed by atoms with van der Waals surface area (Å²) >= 11 is 0. The predicted molar refractivity (Wildman–Crippen MR) is 113 cm³/mol. The molecular weight excluding hydrogens is 348 g/mol. The summed E-state index contributed by atoms with van der Waals surface area (Å²) in [5, 5.41) is 5.89. The molecule has 1 unspecified atom stereocenters. The molecule has 0 aliphatic carbocycles. The number of nitrogens with one attached hydrogen (secondary N) is 1. The van der Waals surface area contributed by atoms with Crippen LogP contribution in [0.3, 0.4) is 0 Å². The van der Waals surface area contributed by atoms with E-state index in [2.05, 4.69) is 64.2 Å². The molecule has 0 amide bonds. The van der Waals surface area contributed by atoms with Crippen LogP contribution in [0.15, 0.2) is 49.0 Å². The number of hydrogen-bond acceptors (Lipinski definition) is 5. The highest BCUT2D eigenvalue weighted by molar-refractivity contribution is 5.86. The van der Waals surface area contributed by atoms with Crippen molar-refractivity contribution in [1.82, 2.24) is 15.3 Å². The van der Waals surface area contributed by atoms with Crippen LogP contribution in [0.25, 0.3) is 16.8 Å². The number of benzene rings is 2. The van der Waals surface area contributed by atoms with Gasteiger partial charge in [0, 0.05) is 31.7 Å². The molecule has 3 aromatic rings. The molecule has 5 nitrogen and oxygen atoms in total. The molecule has 1 aromatic heterocycles. The van der Waals surface area contributed by atoms with E-state index in [1.54, 1.807) is 6.08 Å². The second kappa shape index (κ2) is 7.24. The molecule has 2 aliphatic heterocycles. The Hall–Kier alpha value is -2.92. The van der Waals surface area contributed by atoms with E-state index < -0.39 is 0 Å². The Balaban J connectivity index is 1.54. The van der Waals surface area contributed by atoms with Crippen LogP contribution in [0.2, 0.25) is 0 Å². The first-order valence-electron chi connectivity index (χ1n) is 9.97. The second-order valence-corrected chi connectivity index (χ2v) is 7.34. The molecule has 0 radical (unpaired) electrons. The number of anilines is 1. The van der Waals surface area contributed by atoms with Gasteiger partial charge >= 0.3 is 0 Å². The Morgan fingerprint density at radius 1 is 1.07 bits per heavy atom. The fourth-order valence-electron chi connectivity index (χ4n) is 4.23. The van der Waals surface area contributed by atoms with E-state index in [9.17, 15) is 0 Å². The van der Waals surface area contributed by atoms with Gasteiger partial charge in [-0.2, -0.15) is 4.98 Å². The van der Waals surface area contributed by atoms with Crippen molar-refractivity contribution in [3.05, 3.63) is 66.0 Å². The maximum Gasteiger partial charge on any atom is 0.222 e. The summed E-state index contributed by atoms with van der Waals surface area (Å²) in [6.07, 6.45) is 3.55. The molecular formula is C23H24N4O. The number of ether oxygens (including phenoxy) is 1. The molecule has 1 saturated heterocycles. The van der Waals surface area contributed by atoms with Gasteiger partial charge in [0.25, 0.3) is 0 Å². The molecule has 3 heterocycles. The molecule has 5 rings (SSSR count). The number of fused-ring (bicyclic) bond motifs is 2. The van der Waals surface area contributed by atoms with Gasteiger partial charge in [-0.05, 0) is 29.7 Å². The van der Waals surface area contributed by atoms with Crippen LogP contribution >= 0.6 is 0 Å². The first-order valence-corrected chi connectivity index (χ1v) is 9.97. The SMILES string of the molecule is C=Cc1nc2c(c(N3CCNCC3)n1)CCC(c1cccc3ccccc13)O2. The van der Waals surface area contributed by atoms with Gasteiger partial charge < -0.3 is 15.0 Å². The van der Waals surface area contributed by atoms with Gasteiger partial charge in [0.1, 0.15) is 11.9 Å². The van der Waals surface area contributed by atoms with Gasteiger partial charge in [0.15, 0.2) is 5.82 Å². The maximum atomic E-state index is 6.46. The van der Waals surface area contributed by atoms with Gasteiger partial charge in [-0.15, -0.1) is 0 Å². The van der Waals surface area contributed by atoms with Gasteiger partial charge in [-0.3, -0.25) is 0 Å². The Bertz CT molecular complexity index is 1020. The summed E-state index contributed by atoms with van der Waals surface area (Å²) in [6, 6.07) is 14.9. The fraction of sp³-hybridized carbons (Fsp3) is 0.304. The standard InChI is InChI=1S/C23H24N4O/c1-2-21-25-22(27-14-12-24-13-15-27)19-10-11-20(28-23(19)26-21)18-9-5-7-16-6-3-4-8-17(16)18/h2-9,20,24H,1,10-15H2. The van der Waals surface area contributed by atoms with Crippen LogP contribution in [-0.2, 0) is 6.42 Å². The third kappa shape index (κ3) is 3.02. The van der Waals surface area contributed by atoms with Gasteiger partial charge in [-0.25, -0.2) is 4.98 Å². The first-order chi connectivity index (χ1) is 13.8. The van der Waals surface area contributed by atoms with E-state index in [0.717, 1.165) is 50.4 Å². The zero-order chi connectivity index (χ0) is 18.9. The number of aromatic nitrogens is 2. The Kier molecular flexibility index (Phi) is 4.45. The van der Waals surface area contributed by atoms with Gasteiger partial charge in [-0.1, -0.05) is 49.0 Å². The number of hydrogen-bond donors (Lipinski definition) is 1. The van der Waals surface area contributed by atoms with Crippen LogP contribution in [-0.4, -0.2) is 36.1 Å². The van der Waals surface area contributed by atoms with Crippen molar-refractivity contribution >= 4 is 22.7 Å². The zero-order valence-electron chi connectivity index (χ0n) is 15.9. The Labute approximate surface area is 165 Å². The van der Waals surface area contributed by atoms with Gasteiger partial charge in [0.05, 0.1) is 5.56 Å². The van der Waals surface area contributed by atoms with Crippen molar-refractivity contribution in [2.75, 3.05) is 31.1 Å². The monoisotopic (exact) mass is 372 g/mol. The lowest BCUT2D eigenvalue weighted by atomic mass is 9.94. The third-order valence-electron chi connectivity index (χ3n) is 5.64. The minimum absolute atomic E-state index is 0.00189. The lowest BCUT2D eigenvalue weighted by molar-refractivity contribution is 0.169. The Morgan fingerprint density at radius 2 is 1.89 bits per heavy atom. The molecule has 1 N–H and O–H groups in total. The van der Waals surface area contributed by atoms with Crippen molar-refractivity contribution < 1.29 is 4.74 Å². The highest BCUT2D eigenvalue weighted by Gasteiger charge is 2.29. The minimum atomic E-state index is 0.00189. The lowest BCUT2D eigenvalue weighted by Gasteiger charge is -2.33. The number of piperazine rings is 1. The van der Waals surface area contributed by atoms with E-state index in [0.29, 0.717) is 11.7 Å². The summed E-state index contributed by atoms with van der Waals surface area (Å²) in [5.74, 6) is 2.35. The molecule has 0 spiro atoms. The quantitative estimate of drug-likeness (QED) is 0.759.